The Morgan fingerprint density at radius 2 is 1.21 bits per heavy atom. The minimum Gasteiger partial charge on any atom is -0.508 e. The summed E-state index contributed by atoms with van der Waals surface area (Å²) in [6.07, 6.45) is 6.34. The van der Waals surface area contributed by atoms with Crippen LogP contribution < -0.4 is 0 Å². The number of aromatic hydroxyl groups is 2. The summed E-state index contributed by atoms with van der Waals surface area (Å²) < 4.78 is 0. The van der Waals surface area contributed by atoms with Crippen molar-refractivity contribution in [3.05, 3.63) is 113 Å². The Labute approximate surface area is 173 Å². The summed E-state index contributed by atoms with van der Waals surface area (Å²) in [5.74, 6) is 0.518. The number of hydrogen-bond acceptors (Lipinski definition) is 2. The minimum absolute atomic E-state index is 0.259. The maximum atomic E-state index is 9.60. The smallest absolute Gasteiger partial charge is 0.115 e. The highest BCUT2D eigenvalue weighted by atomic mass is 16.3. The molecule has 148 valence electrons. The van der Waals surface area contributed by atoms with Crippen molar-refractivity contribution in [2.24, 2.45) is 0 Å². The molecule has 0 spiro atoms. The third-order valence-corrected chi connectivity index (χ3v) is 5.04. The van der Waals surface area contributed by atoms with Crippen molar-refractivity contribution in [2.75, 3.05) is 0 Å². The summed E-state index contributed by atoms with van der Waals surface area (Å²) in [5.41, 5.74) is 9.50. The van der Waals surface area contributed by atoms with Crippen LogP contribution >= 0.6 is 0 Å². The largest absolute Gasteiger partial charge is 0.508 e. The maximum absolute atomic E-state index is 9.60. The van der Waals surface area contributed by atoms with Crippen LogP contribution in [0.3, 0.4) is 0 Å². The molecule has 0 unspecified atom stereocenters. The van der Waals surface area contributed by atoms with Crippen molar-refractivity contribution in [1.82, 2.24) is 0 Å². The fraction of sp³-hybridized carbons (Fsp3) is 0.185. The molecule has 2 aliphatic rings. The first kappa shape index (κ1) is 20.5. The summed E-state index contributed by atoms with van der Waals surface area (Å²) in [6, 6.07) is 14.6. The standard InChI is InChI=1S/C22H22O2.C5H6/c1-3-4-18(14-19-13-15(19)2)22(16-5-9-20(23)10-6-16)17-7-11-21(24)12-8-17;1-4-3-5(4)2/h5-12,14,23-24H,2-4,13H2,1H3;1-3H2/b19-14+;. The number of allylic oxidation sites excluding steroid dienone is 6. The van der Waals surface area contributed by atoms with Gasteiger partial charge in [-0.25, -0.2) is 0 Å². The molecule has 2 heteroatoms. The van der Waals surface area contributed by atoms with Crippen molar-refractivity contribution in [2.45, 2.75) is 32.6 Å². The van der Waals surface area contributed by atoms with E-state index in [4.69, 9.17) is 0 Å². The molecule has 2 nitrogen and oxygen atoms in total. The number of phenols is 2. The quantitative estimate of drug-likeness (QED) is 0.578. The Morgan fingerprint density at radius 3 is 1.52 bits per heavy atom. The zero-order chi connectivity index (χ0) is 21.0. The van der Waals surface area contributed by atoms with Crippen LogP contribution in [0, 0.1) is 0 Å². The highest BCUT2D eigenvalue weighted by molar-refractivity contribution is 5.84. The molecule has 2 aliphatic carbocycles. The van der Waals surface area contributed by atoms with Crippen molar-refractivity contribution < 1.29 is 10.2 Å². The molecule has 0 amide bonds. The van der Waals surface area contributed by atoms with Gasteiger partial charge in [-0.1, -0.05) is 63.4 Å². The normalized spacial score (nSPS) is 15.6. The van der Waals surface area contributed by atoms with Gasteiger partial charge in [0.05, 0.1) is 0 Å². The number of phenolic OH excluding ortho intramolecular Hbond substituents is 2. The molecule has 2 fully saturated rings. The predicted octanol–water partition coefficient (Wildman–Crippen LogP) is 7.09. The van der Waals surface area contributed by atoms with Gasteiger partial charge in [-0.3, -0.25) is 0 Å². The van der Waals surface area contributed by atoms with Crippen molar-refractivity contribution in [3.8, 4) is 11.5 Å². The van der Waals surface area contributed by atoms with Gasteiger partial charge in [0.2, 0.25) is 0 Å². The van der Waals surface area contributed by atoms with Crippen LogP contribution in [0.4, 0.5) is 0 Å². The summed E-state index contributed by atoms with van der Waals surface area (Å²) in [4.78, 5) is 0. The van der Waals surface area contributed by atoms with Gasteiger partial charge in [0.25, 0.3) is 0 Å². The second-order valence-electron chi connectivity index (χ2n) is 7.58. The van der Waals surface area contributed by atoms with E-state index in [2.05, 4.69) is 32.7 Å². The van der Waals surface area contributed by atoms with E-state index in [1.165, 1.54) is 27.9 Å². The molecule has 2 N–H and O–H groups in total. The summed E-state index contributed by atoms with van der Waals surface area (Å²) in [5, 5.41) is 19.2. The predicted molar refractivity (Wildman–Crippen MR) is 122 cm³/mol. The highest BCUT2D eigenvalue weighted by Crippen LogP contribution is 2.39. The lowest BCUT2D eigenvalue weighted by atomic mass is 9.90. The molecule has 0 atom stereocenters. The topological polar surface area (TPSA) is 40.5 Å². The van der Waals surface area contributed by atoms with E-state index in [1.807, 2.05) is 24.3 Å². The Hall–Kier alpha value is -3.26. The van der Waals surface area contributed by atoms with E-state index in [9.17, 15) is 10.2 Å². The minimum atomic E-state index is 0.259. The first-order valence-corrected chi connectivity index (χ1v) is 9.95. The Balaban J connectivity index is 0.000000419. The monoisotopic (exact) mass is 384 g/mol. The SMILES string of the molecule is C=C1C/C1=C\C(CCC)=C(c1ccc(O)cc1)c1ccc(O)cc1.C=C1CC1=C. The summed E-state index contributed by atoms with van der Waals surface area (Å²) in [7, 11) is 0. The third-order valence-electron chi connectivity index (χ3n) is 5.04. The van der Waals surface area contributed by atoms with E-state index in [0.717, 1.165) is 42.4 Å². The van der Waals surface area contributed by atoms with Crippen molar-refractivity contribution in [1.29, 1.82) is 0 Å². The first-order chi connectivity index (χ1) is 13.9. The molecule has 29 heavy (non-hydrogen) atoms. The van der Waals surface area contributed by atoms with Crippen LogP contribution in [-0.4, -0.2) is 10.2 Å². The molecular formula is C27H28O2. The van der Waals surface area contributed by atoms with Crippen LogP contribution in [0.1, 0.15) is 43.7 Å². The van der Waals surface area contributed by atoms with Crippen LogP contribution in [0.2, 0.25) is 0 Å². The summed E-state index contributed by atoms with van der Waals surface area (Å²) in [6.45, 7) is 13.5. The molecule has 2 aromatic rings. The molecule has 0 radical (unpaired) electrons. The lowest BCUT2D eigenvalue weighted by Crippen LogP contribution is -1.94. The fourth-order valence-corrected chi connectivity index (χ4v) is 3.09. The third kappa shape index (κ3) is 5.61. The van der Waals surface area contributed by atoms with Gasteiger partial charge < -0.3 is 10.2 Å². The van der Waals surface area contributed by atoms with Crippen LogP contribution in [-0.2, 0) is 0 Å². The average Bonchev–Trinajstić information content (AvgIpc) is 3.58. The molecule has 0 heterocycles. The lowest BCUT2D eigenvalue weighted by Gasteiger charge is -2.14. The van der Waals surface area contributed by atoms with Crippen LogP contribution in [0.5, 0.6) is 11.5 Å². The second-order valence-corrected chi connectivity index (χ2v) is 7.58. The average molecular weight is 385 g/mol. The van der Waals surface area contributed by atoms with E-state index in [-0.39, 0.29) is 11.5 Å². The zero-order valence-electron chi connectivity index (χ0n) is 17.0. The van der Waals surface area contributed by atoms with Gasteiger partial charge in [-0.05, 0) is 88.1 Å². The molecule has 0 aromatic heterocycles. The van der Waals surface area contributed by atoms with Gasteiger partial charge in [-0.2, -0.15) is 0 Å². The lowest BCUT2D eigenvalue weighted by molar-refractivity contribution is 0.475. The number of rotatable bonds is 5. The zero-order valence-corrected chi connectivity index (χ0v) is 17.0. The summed E-state index contributed by atoms with van der Waals surface area (Å²) >= 11 is 0. The maximum Gasteiger partial charge on any atom is 0.115 e. The molecule has 0 aliphatic heterocycles. The molecular weight excluding hydrogens is 356 g/mol. The number of benzene rings is 2. The molecule has 2 aromatic carbocycles. The van der Waals surface area contributed by atoms with E-state index >= 15 is 0 Å². The first-order valence-electron chi connectivity index (χ1n) is 9.95. The number of hydrogen-bond donors (Lipinski definition) is 2. The molecule has 2 saturated carbocycles. The van der Waals surface area contributed by atoms with E-state index < -0.39 is 0 Å². The van der Waals surface area contributed by atoms with Crippen LogP contribution in [0.25, 0.3) is 5.57 Å². The molecule has 0 bridgehead atoms. The van der Waals surface area contributed by atoms with Gasteiger partial charge >= 0.3 is 0 Å². The Morgan fingerprint density at radius 1 is 0.793 bits per heavy atom. The van der Waals surface area contributed by atoms with Gasteiger partial charge in [0.1, 0.15) is 11.5 Å². The van der Waals surface area contributed by atoms with Gasteiger partial charge in [0.15, 0.2) is 0 Å². The van der Waals surface area contributed by atoms with E-state index in [0.29, 0.717) is 0 Å². The molecule has 0 saturated heterocycles. The van der Waals surface area contributed by atoms with Gasteiger partial charge in [0, 0.05) is 0 Å². The Bertz CT molecular complexity index is 940. The van der Waals surface area contributed by atoms with Gasteiger partial charge in [-0.15, -0.1) is 0 Å². The van der Waals surface area contributed by atoms with E-state index in [1.54, 1.807) is 24.3 Å². The molecule has 4 rings (SSSR count). The second kappa shape index (κ2) is 8.83. The van der Waals surface area contributed by atoms with Crippen LogP contribution in [0.15, 0.2) is 102 Å². The van der Waals surface area contributed by atoms with Crippen molar-refractivity contribution in [3.63, 3.8) is 0 Å². The fourth-order valence-electron chi connectivity index (χ4n) is 3.09. The highest BCUT2D eigenvalue weighted by Gasteiger charge is 2.20. The Kier molecular flexibility index (Phi) is 6.23. The van der Waals surface area contributed by atoms with Crippen molar-refractivity contribution >= 4 is 5.57 Å².